The normalized spacial score (nSPS) is 13.8. The minimum absolute atomic E-state index is 0.283. The largest absolute Gasteiger partial charge is 0.404 e. The molecular formula is C9H11F3N2OS. The van der Waals surface area contributed by atoms with Crippen LogP contribution in [0.4, 0.5) is 13.2 Å². The smallest absolute Gasteiger partial charge is 0.268 e. The number of aryl methyl sites for hydroxylation is 1. The number of alkyl halides is 3. The quantitative estimate of drug-likeness (QED) is 0.898. The van der Waals surface area contributed by atoms with E-state index >= 15 is 0 Å². The fourth-order valence-electron chi connectivity index (χ4n) is 1.25. The van der Waals surface area contributed by atoms with Gasteiger partial charge >= 0.3 is 6.18 Å². The molecule has 1 unspecified atom stereocenters. The van der Waals surface area contributed by atoms with Gasteiger partial charge in [-0.2, -0.15) is 18.3 Å². The SMILES string of the molecule is CCSC(c1cc(C)n[nH]c1=O)C(F)(F)F. The molecule has 0 aliphatic rings. The first kappa shape index (κ1) is 13.1. The van der Waals surface area contributed by atoms with Crippen molar-refractivity contribution in [1.82, 2.24) is 10.2 Å². The Kier molecular flexibility index (Phi) is 4.01. The topological polar surface area (TPSA) is 45.8 Å². The third kappa shape index (κ3) is 3.01. The molecule has 1 atom stereocenters. The molecule has 0 fully saturated rings. The lowest BCUT2D eigenvalue weighted by Crippen LogP contribution is -2.26. The Labute approximate surface area is 94.4 Å². The second kappa shape index (κ2) is 4.90. The van der Waals surface area contributed by atoms with Crippen molar-refractivity contribution in [3.63, 3.8) is 0 Å². The van der Waals surface area contributed by atoms with Crippen molar-refractivity contribution in [1.29, 1.82) is 0 Å². The van der Waals surface area contributed by atoms with E-state index in [1.807, 2.05) is 0 Å². The molecule has 3 nitrogen and oxygen atoms in total. The summed E-state index contributed by atoms with van der Waals surface area (Å²) in [5.41, 5.74) is -0.707. The summed E-state index contributed by atoms with van der Waals surface area (Å²) in [6, 6.07) is 1.18. The number of hydrogen-bond acceptors (Lipinski definition) is 3. The van der Waals surface area contributed by atoms with Crippen molar-refractivity contribution in [2.45, 2.75) is 25.3 Å². The van der Waals surface area contributed by atoms with E-state index in [2.05, 4.69) is 10.2 Å². The van der Waals surface area contributed by atoms with Gasteiger partial charge in [0, 0.05) is 5.56 Å². The molecule has 1 aromatic rings. The van der Waals surface area contributed by atoms with Crippen LogP contribution in [0, 0.1) is 6.92 Å². The summed E-state index contributed by atoms with van der Waals surface area (Å²) in [6.07, 6.45) is -4.43. The molecule has 0 bridgehead atoms. The fourth-order valence-corrected chi connectivity index (χ4v) is 2.13. The van der Waals surface area contributed by atoms with Crippen LogP contribution in [-0.4, -0.2) is 22.1 Å². The zero-order chi connectivity index (χ0) is 12.3. The lowest BCUT2D eigenvalue weighted by Gasteiger charge is -2.18. The Hall–Kier alpha value is -0.980. The number of halogens is 3. The molecule has 90 valence electrons. The monoisotopic (exact) mass is 252 g/mol. The van der Waals surface area contributed by atoms with Crippen molar-refractivity contribution in [3.05, 3.63) is 27.7 Å². The van der Waals surface area contributed by atoms with Gasteiger partial charge in [0.1, 0.15) is 5.25 Å². The summed E-state index contributed by atoms with van der Waals surface area (Å²) in [6.45, 7) is 3.15. The Morgan fingerprint density at radius 1 is 1.56 bits per heavy atom. The van der Waals surface area contributed by atoms with E-state index in [-0.39, 0.29) is 11.3 Å². The average Bonchev–Trinajstić information content (AvgIpc) is 2.17. The first-order valence-corrected chi connectivity index (χ1v) is 5.65. The molecule has 0 amide bonds. The summed E-state index contributed by atoms with van der Waals surface area (Å²) in [5, 5.41) is 3.82. The Bertz CT molecular complexity index is 416. The molecule has 7 heteroatoms. The molecule has 1 N–H and O–H groups in total. The van der Waals surface area contributed by atoms with E-state index in [1.165, 1.54) is 13.0 Å². The molecule has 0 spiro atoms. The summed E-state index contributed by atoms with van der Waals surface area (Å²) < 4.78 is 38.1. The van der Waals surface area contributed by atoms with Gasteiger partial charge in [0.2, 0.25) is 0 Å². The van der Waals surface area contributed by atoms with Crippen molar-refractivity contribution < 1.29 is 13.2 Å². The van der Waals surface area contributed by atoms with Crippen molar-refractivity contribution >= 4 is 11.8 Å². The van der Waals surface area contributed by atoms with E-state index in [9.17, 15) is 18.0 Å². The zero-order valence-electron chi connectivity index (χ0n) is 8.76. The highest BCUT2D eigenvalue weighted by Crippen LogP contribution is 2.41. The number of thioether (sulfide) groups is 1. The molecule has 0 aromatic carbocycles. The van der Waals surface area contributed by atoms with E-state index in [0.717, 1.165) is 0 Å². The standard InChI is InChI=1S/C9H11F3N2OS/c1-3-16-7(9(10,11)12)6-4-5(2)13-14-8(6)15/h4,7H,3H2,1-2H3,(H,14,15). The van der Waals surface area contributed by atoms with Crippen LogP contribution >= 0.6 is 11.8 Å². The molecule has 0 saturated heterocycles. The maximum absolute atomic E-state index is 12.7. The predicted molar refractivity (Wildman–Crippen MR) is 56.5 cm³/mol. The van der Waals surface area contributed by atoms with Crippen molar-refractivity contribution in [2.75, 3.05) is 5.75 Å². The third-order valence-electron chi connectivity index (χ3n) is 1.87. The van der Waals surface area contributed by atoms with Crippen molar-refractivity contribution in [2.24, 2.45) is 0 Å². The van der Waals surface area contributed by atoms with E-state index in [0.29, 0.717) is 17.5 Å². The molecule has 1 aromatic heterocycles. The molecule has 0 aliphatic heterocycles. The van der Waals surface area contributed by atoms with Gasteiger partial charge in [-0.25, -0.2) is 5.10 Å². The third-order valence-corrected chi connectivity index (χ3v) is 3.06. The molecule has 16 heavy (non-hydrogen) atoms. The van der Waals surface area contributed by atoms with Gasteiger partial charge in [-0.3, -0.25) is 4.79 Å². The van der Waals surface area contributed by atoms with Crippen LogP contribution in [0.3, 0.4) is 0 Å². The minimum Gasteiger partial charge on any atom is -0.268 e. The van der Waals surface area contributed by atoms with Crippen LogP contribution in [0.1, 0.15) is 23.4 Å². The Morgan fingerprint density at radius 2 is 2.19 bits per heavy atom. The van der Waals surface area contributed by atoms with Crippen molar-refractivity contribution in [3.8, 4) is 0 Å². The van der Waals surface area contributed by atoms with Crippen LogP contribution in [0.5, 0.6) is 0 Å². The highest BCUT2D eigenvalue weighted by atomic mass is 32.2. The summed E-state index contributed by atoms with van der Waals surface area (Å²) in [5.74, 6) is 0.283. The summed E-state index contributed by atoms with van der Waals surface area (Å²) in [7, 11) is 0. The number of H-pyrrole nitrogens is 1. The van der Waals surface area contributed by atoms with Crippen LogP contribution < -0.4 is 5.56 Å². The van der Waals surface area contributed by atoms with Gasteiger partial charge in [-0.1, -0.05) is 6.92 Å². The lowest BCUT2D eigenvalue weighted by molar-refractivity contribution is -0.130. The number of aromatic nitrogens is 2. The molecular weight excluding hydrogens is 241 g/mol. The second-order valence-electron chi connectivity index (χ2n) is 3.17. The van der Waals surface area contributed by atoms with Gasteiger partial charge in [0.15, 0.2) is 0 Å². The number of aromatic amines is 1. The van der Waals surface area contributed by atoms with Gasteiger partial charge in [-0.05, 0) is 18.7 Å². The predicted octanol–water partition coefficient (Wildman–Crippen LogP) is 2.43. The lowest BCUT2D eigenvalue weighted by atomic mass is 10.2. The number of hydrogen-bond donors (Lipinski definition) is 1. The summed E-state index contributed by atoms with van der Waals surface area (Å²) in [4.78, 5) is 11.3. The van der Waals surface area contributed by atoms with Gasteiger partial charge in [-0.15, -0.1) is 11.8 Å². The molecule has 0 saturated carbocycles. The maximum atomic E-state index is 12.7. The molecule has 1 heterocycles. The Morgan fingerprint density at radius 3 is 2.69 bits per heavy atom. The van der Waals surface area contributed by atoms with Crippen LogP contribution in [0.2, 0.25) is 0 Å². The van der Waals surface area contributed by atoms with E-state index < -0.39 is 17.0 Å². The summed E-state index contributed by atoms with van der Waals surface area (Å²) >= 11 is 0.687. The fraction of sp³-hybridized carbons (Fsp3) is 0.556. The Balaban J connectivity index is 3.20. The first-order chi connectivity index (χ1) is 7.36. The average molecular weight is 252 g/mol. The van der Waals surface area contributed by atoms with Crippen LogP contribution in [0.25, 0.3) is 0 Å². The van der Waals surface area contributed by atoms with Gasteiger partial charge in [0.25, 0.3) is 5.56 Å². The zero-order valence-corrected chi connectivity index (χ0v) is 9.58. The first-order valence-electron chi connectivity index (χ1n) is 4.60. The molecule has 0 radical (unpaired) electrons. The van der Waals surface area contributed by atoms with E-state index in [1.54, 1.807) is 6.92 Å². The second-order valence-corrected chi connectivity index (χ2v) is 4.55. The van der Waals surface area contributed by atoms with Crippen LogP contribution in [-0.2, 0) is 0 Å². The number of nitrogens with one attached hydrogen (secondary N) is 1. The number of nitrogens with zero attached hydrogens (tertiary/aromatic N) is 1. The maximum Gasteiger partial charge on any atom is 0.404 e. The molecule has 1 rings (SSSR count). The van der Waals surface area contributed by atoms with Gasteiger partial charge < -0.3 is 0 Å². The highest BCUT2D eigenvalue weighted by Gasteiger charge is 2.42. The van der Waals surface area contributed by atoms with E-state index in [4.69, 9.17) is 0 Å². The number of rotatable bonds is 3. The highest BCUT2D eigenvalue weighted by molar-refractivity contribution is 7.99. The minimum atomic E-state index is -4.43. The molecule has 0 aliphatic carbocycles. The van der Waals surface area contributed by atoms with Crippen LogP contribution in [0.15, 0.2) is 10.9 Å². The van der Waals surface area contributed by atoms with Gasteiger partial charge in [0.05, 0.1) is 5.69 Å².